The van der Waals surface area contributed by atoms with Gasteiger partial charge in [-0.15, -0.1) is 0 Å². The van der Waals surface area contributed by atoms with Crippen molar-refractivity contribution < 1.29 is 9.18 Å². The third-order valence-electron chi connectivity index (χ3n) is 2.41. The van der Waals surface area contributed by atoms with Crippen molar-refractivity contribution in [3.63, 3.8) is 0 Å². The summed E-state index contributed by atoms with van der Waals surface area (Å²) in [6.45, 7) is 3.29. The van der Waals surface area contributed by atoms with E-state index < -0.39 is 12.2 Å². The fraction of sp³-hybridized carbons (Fsp3) is 0.889. The summed E-state index contributed by atoms with van der Waals surface area (Å²) in [6, 6.07) is -0.591. The van der Waals surface area contributed by atoms with Gasteiger partial charge in [0, 0.05) is 19.1 Å². The third-order valence-corrected chi connectivity index (χ3v) is 2.41. The Morgan fingerprint density at radius 2 is 2.43 bits per heavy atom. The monoisotopic (exact) mass is 203 g/mol. The van der Waals surface area contributed by atoms with Crippen molar-refractivity contribution in [1.82, 2.24) is 10.2 Å². The van der Waals surface area contributed by atoms with Crippen LogP contribution in [0.3, 0.4) is 0 Å². The molecule has 0 aromatic rings. The molecule has 14 heavy (non-hydrogen) atoms. The second-order valence-electron chi connectivity index (χ2n) is 3.65. The molecular weight excluding hydrogens is 185 g/mol. The first-order chi connectivity index (χ1) is 6.65. The number of alkyl halides is 1. The minimum absolute atomic E-state index is 0.122. The lowest BCUT2D eigenvalue weighted by atomic mass is 10.0. The Labute approximate surface area is 83.6 Å². The minimum Gasteiger partial charge on any atom is -0.338 e. The molecule has 1 aliphatic heterocycles. The van der Waals surface area contributed by atoms with E-state index in [0.717, 1.165) is 6.42 Å². The molecule has 0 aromatic heterocycles. The van der Waals surface area contributed by atoms with Crippen molar-refractivity contribution >= 4 is 6.03 Å². The highest BCUT2D eigenvalue weighted by atomic mass is 19.1. The molecule has 3 N–H and O–H groups in total. The summed E-state index contributed by atoms with van der Waals surface area (Å²) in [5, 5.41) is 2.72. The third kappa shape index (κ3) is 2.83. The molecule has 0 aromatic carbocycles. The number of rotatable bonds is 2. The zero-order chi connectivity index (χ0) is 10.6. The number of nitrogens with zero attached hydrogens (tertiary/aromatic N) is 1. The number of nitrogens with two attached hydrogens (primary N) is 1. The van der Waals surface area contributed by atoms with E-state index in [1.807, 2.05) is 6.92 Å². The largest absolute Gasteiger partial charge is 0.338 e. The van der Waals surface area contributed by atoms with Gasteiger partial charge in [0.25, 0.3) is 0 Å². The summed E-state index contributed by atoms with van der Waals surface area (Å²) in [4.78, 5) is 12.9. The predicted molar refractivity (Wildman–Crippen MR) is 52.8 cm³/mol. The molecule has 1 saturated heterocycles. The number of amides is 2. The second kappa shape index (κ2) is 5.14. The van der Waals surface area contributed by atoms with Crippen molar-refractivity contribution in [2.24, 2.45) is 5.73 Å². The van der Waals surface area contributed by atoms with Crippen LogP contribution in [0.4, 0.5) is 9.18 Å². The normalized spacial score (nSPS) is 27.5. The first-order valence-electron chi connectivity index (χ1n) is 5.07. The lowest BCUT2D eigenvalue weighted by molar-refractivity contribution is 0.129. The number of likely N-dealkylation sites (tertiary alicyclic amines) is 1. The molecular formula is C9H18FN3O. The van der Waals surface area contributed by atoms with Crippen molar-refractivity contribution in [1.29, 1.82) is 0 Å². The molecule has 82 valence electrons. The maximum Gasteiger partial charge on any atom is 0.317 e. The van der Waals surface area contributed by atoms with E-state index in [4.69, 9.17) is 5.73 Å². The summed E-state index contributed by atoms with van der Waals surface area (Å²) >= 11 is 0. The molecule has 4 nitrogen and oxygen atoms in total. The van der Waals surface area contributed by atoms with Crippen molar-refractivity contribution in [3.8, 4) is 0 Å². The molecule has 1 rings (SSSR count). The number of halogens is 1. The quantitative estimate of drug-likeness (QED) is 0.685. The molecule has 1 aliphatic rings. The smallest absolute Gasteiger partial charge is 0.317 e. The Morgan fingerprint density at radius 1 is 1.71 bits per heavy atom. The molecule has 2 unspecified atom stereocenters. The topological polar surface area (TPSA) is 58.4 Å². The fourth-order valence-corrected chi connectivity index (χ4v) is 1.45. The van der Waals surface area contributed by atoms with Crippen molar-refractivity contribution in [2.75, 3.05) is 19.6 Å². The van der Waals surface area contributed by atoms with Gasteiger partial charge in [0.05, 0.1) is 6.54 Å². The van der Waals surface area contributed by atoms with E-state index in [1.54, 1.807) is 0 Å². The van der Waals surface area contributed by atoms with E-state index in [0.29, 0.717) is 19.5 Å². The molecule has 1 fully saturated rings. The Morgan fingerprint density at radius 3 is 3.00 bits per heavy atom. The van der Waals surface area contributed by atoms with Crippen LogP contribution in [-0.2, 0) is 0 Å². The molecule has 0 bridgehead atoms. The van der Waals surface area contributed by atoms with Crippen molar-refractivity contribution in [2.45, 2.75) is 32.0 Å². The number of piperidine rings is 1. The van der Waals surface area contributed by atoms with Crippen LogP contribution >= 0.6 is 0 Å². The number of urea groups is 1. The first-order valence-corrected chi connectivity index (χ1v) is 5.07. The molecule has 2 atom stereocenters. The van der Waals surface area contributed by atoms with Crippen LogP contribution < -0.4 is 11.1 Å². The highest BCUT2D eigenvalue weighted by Gasteiger charge is 2.28. The second-order valence-corrected chi connectivity index (χ2v) is 3.65. The molecule has 0 saturated carbocycles. The molecule has 0 aliphatic carbocycles. The average Bonchev–Trinajstić information content (AvgIpc) is 2.18. The number of carbonyl (C=O) groups is 1. The fourth-order valence-electron chi connectivity index (χ4n) is 1.45. The van der Waals surface area contributed by atoms with Crippen LogP contribution in [0.5, 0.6) is 0 Å². The van der Waals surface area contributed by atoms with Gasteiger partial charge in [0.1, 0.15) is 6.17 Å². The summed E-state index contributed by atoms with van der Waals surface area (Å²) in [5.74, 6) is 0. The highest BCUT2D eigenvalue weighted by Crippen LogP contribution is 2.11. The molecule has 0 radical (unpaired) electrons. The predicted octanol–water partition coefficient (Wildman–Crippen LogP) is 0.477. The lowest BCUT2D eigenvalue weighted by Crippen LogP contribution is -2.53. The molecule has 5 heteroatoms. The summed E-state index contributed by atoms with van der Waals surface area (Å²) < 4.78 is 13.2. The van der Waals surface area contributed by atoms with Gasteiger partial charge >= 0.3 is 6.03 Å². The van der Waals surface area contributed by atoms with Crippen LogP contribution in [0.15, 0.2) is 0 Å². The van der Waals surface area contributed by atoms with E-state index >= 15 is 0 Å². The number of nitrogens with one attached hydrogen (secondary N) is 1. The van der Waals surface area contributed by atoms with Gasteiger partial charge in [0.15, 0.2) is 0 Å². The maximum absolute atomic E-state index is 13.2. The lowest BCUT2D eigenvalue weighted by Gasteiger charge is -2.32. The van der Waals surface area contributed by atoms with E-state index in [9.17, 15) is 9.18 Å². The van der Waals surface area contributed by atoms with Gasteiger partial charge in [-0.2, -0.15) is 0 Å². The SMILES string of the molecule is CCCNC(=O)N1CCC(N)C(F)C1. The Hall–Kier alpha value is -0.840. The van der Waals surface area contributed by atoms with Crippen molar-refractivity contribution in [3.05, 3.63) is 0 Å². The zero-order valence-corrected chi connectivity index (χ0v) is 8.50. The van der Waals surface area contributed by atoms with Crippen LogP contribution in [0, 0.1) is 0 Å². The van der Waals surface area contributed by atoms with E-state index in [2.05, 4.69) is 5.32 Å². The minimum atomic E-state index is -1.09. The number of carbonyl (C=O) groups excluding carboxylic acids is 1. The maximum atomic E-state index is 13.2. The van der Waals surface area contributed by atoms with Crippen LogP contribution in [-0.4, -0.2) is 42.8 Å². The standard InChI is InChI=1S/C9H18FN3O/c1-2-4-12-9(14)13-5-3-8(11)7(10)6-13/h7-8H,2-6,11H2,1H3,(H,12,14). The number of hydrogen-bond donors (Lipinski definition) is 2. The van der Waals surface area contributed by atoms with Gasteiger partial charge in [-0.25, -0.2) is 9.18 Å². The van der Waals surface area contributed by atoms with E-state index in [1.165, 1.54) is 4.90 Å². The first kappa shape index (κ1) is 11.2. The summed E-state index contributed by atoms with van der Waals surface area (Å²) in [6.07, 6.45) is 0.343. The molecule has 2 amide bonds. The van der Waals surface area contributed by atoms with Crippen LogP contribution in [0.2, 0.25) is 0 Å². The van der Waals surface area contributed by atoms with Gasteiger partial charge in [-0.1, -0.05) is 6.92 Å². The highest BCUT2D eigenvalue weighted by molar-refractivity contribution is 5.74. The Bertz CT molecular complexity index is 200. The van der Waals surface area contributed by atoms with Crippen LogP contribution in [0.25, 0.3) is 0 Å². The van der Waals surface area contributed by atoms with Gasteiger partial charge in [-0.05, 0) is 12.8 Å². The van der Waals surface area contributed by atoms with E-state index in [-0.39, 0.29) is 12.6 Å². The van der Waals surface area contributed by atoms with Gasteiger partial charge in [0.2, 0.25) is 0 Å². The zero-order valence-electron chi connectivity index (χ0n) is 8.50. The van der Waals surface area contributed by atoms with Gasteiger partial charge in [-0.3, -0.25) is 0 Å². The van der Waals surface area contributed by atoms with Gasteiger partial charge < -0.3 is 16.0 Å². The summed E-state index contributed by atoms with van der Waals surface area (Å²) in [7, 11) is 0. The molecule has 1 heterocycles. The molecule has 0 spiro atoms. The van der Waals surface area contributed by atoms with Crippen LogP contribution in [0.1, 0.15) is 19.8 Å². The average molecular weight is 203 g/mol. The Balaban J connectivity index is 2.34. The Kier molecular flexibility index (Phi) is 4.13. The summed E-state index contributed by atoms with van der Waals surface area (Å²) in [5.41, 5.74) is 5.51. The number of hydrogen-bond acceptors (Lipinski definition) is 2.